The third-order valence-corrected chi connectivity index (χ3v) is 6.01. The fourth-order valence-electron chi connectivity index (χ4n) is 3.01. The minimum atomic E-state index is -0.913. The molecule has 5 nitrogen and oxygen atoms in total. The minimum absolute atomic E-state index is 0.349. The van der Waals surface area contributed by atoms with Gasteiger partial charge in [-0.3, -0.25) is 4.79 Å². The molecule has 0 saturated heterocycles. The van der Waals surface area contributed by atoms with Gasteiger partial charge in [0.2, 0.25) is 0 Å². The van der Waals surface area contributed by atoms with Gasteiger partial charge in [0.25, 0.3) is 5.91 Å². The lowest BCUT2D eigenvalue weighted by atomic mass is 10.1. The summed E-state index contributed by atoms with van der Waals surface area (Å²) >= 11 is 1.53. The van der Waals surface area contributed by atoms with Crippen LogP contribution in [0.4, 0.5) is 5.69 Å². The van der Waals surface area contributed by atoms with Crippen LogP contribution in [0.15, 0.2) is 42.7 Å². The van der Waals surface area contributed by atoms with Crippen LogP contribution >= 0.6 is 11.3 Å². The largest absolute Gasteiger partial charge is 0.449 e. The summed E-state index contributed by atoms with van der Waals surface area (Å²) in [4.78, 5) is 26.5. The standard InChI is InChI=1S/C22H24N2O3S/c1-13-9-8-10-14(2)19(13)23-20(25)16(4)27-22(26)18-15(3)17(5)28-21(18)24-11-6-7-12-24/h6-12,16H,1-5H3,(H,23,25). The zero-order valence-corrected chi connectivity index (χ0v) is 17.5. The Kier molecular flexibility index (Phi) is 5.70. The van der Waals surface area contributed by atoms with E-state index >= 15 is 0 Å². The average Bonchev–Trinajstić information content (AvgIpc) is 3.27. The summed E-state index contributed by atoms with van der Waals surface area (Å²) in [5, 5.41) is 3.68. The average molecular weight is 397 g/mol. The number of esters is 1. The highest BCUT2D eigenvalue weighted by Crippen LogP contribution is 2.32. The second-order valence-corrected chi connectivity index (χ2v) is 8.06. The van der Waals surface area contributed by atoms with Gasteiger partial charge >= 0.3 is 5.97 Å². The molecule has 0 radical (unpaired) electrons. The minimum Gasteiger partial charge on any atom is -0.449 e. The highest BCUT2D eigenvalue weighted by molar-refractivity contribution is 7.15. The number of aromatic nitrogens is 1. The second kappa shape index (κ2) is 8.02. The lowest BCUT2D eigenvalue weighted by Gasteiger charge is -2.16. The van der Waals surface area contributed by atoms with E-state index < -0.39 is 12.1 Å². The SMILES string of the molecule is Cc1cccc(C)c1NC(=O)C(C)OC(=O)c1c(-n2cccc2)sc(C)c1C. The van der Waals surface area contributed by atoms with Crippen molar-refractivity contribution < 1.29 is 14.3 Å². The summed E-state index contributed by atoms with van der Waals surface area (Å²) in [6, 6.07) is 9.61. The molecule has 3 aromatic rings. The number of benzene rings is 1. The summed E-state index contributed by atoms with van der Waals surface area (Å²) in [7, 11) is 0. The van der Waals surface area contributed by atoms with Gasteiger partial charge in [0, 0.05) is 23.0 Å². The number of nitrogens with zero attached hydrogens (tertiary/aromatic N) is 1. The van der Waals surface area contributed by atoms with Crippen molar-refractivity contribution in [3.8, 4) is 5.00 Å². The van der Waals surface area contributed by atoms with Crippen LogP contribution in [0, 0.1) is 27.7 Å². The van der Waals surface area contributed by atoms with E-state index in [0.717, 1.165) is 32.3 Å². The molecule has 2 heterocycles. The van der Waals surface area contributed by atoms with Gasteiger partial charge < -0.3 is 14.6 Å². The van der Waals surface area contributed by atoms with Gasteiger partial charge in [-0.1, -0.05) is 18.2 Å². The van der Waals surface area contributed by atoms with Crippen molar-refractivity contribution in [2.45, 2.75) is 40.7 Å². The smallest absolute Gasteiger partial charge is 0.342 e. The van der Waals surface area contributed by atoms with Crippen LogP contribution in [-0.2, 0) is 9.53 Å². The summed E-state index contributed by atoms with van der Waals surface area (Å²) in [6.07, 6.45) is 2.86. The Bertz CT molecular complexity index is 999. The van der Waals surface area contributed by atoms with Crippen LogP contribution in [0.2, 0.25) is 0 Å². The molecule has 0 spiro atoms. The predicted molar refractivity (Wildman–Crippen MR) is 113 cm³/mol. The maximum absolute atomic E-state index is 12.9. The van der Waals surface area contributed by atoms with Gasteiger partial charge in [-0.05, 0) is 63.4 Å². The highest BCUT2D eigenvalue weighted by atomic mass is 32.1. The molecule has 1 amide bonds. The topological polar surface area (TPSA) is 60.3 Å². The Balaban J connectivity index is 1.79. The van der Waals surface area contributed by atoms with Gasteiger partial charge in [-0.25, -0.2) is 4.79 Å². The Morgan fingerprint density at radius 2 is 1.64 bits per heavy atom. The van der Waals surface area contributed by atoms with Gasteiger partial charge in [0.05, 0.1) is 5.56 Å². The van der Waals surface area contributed by atoms with Crippen LogP contribution in [0.3, 0.4) is 0 Å². The number of carbonyl (C=O) groups is 2. The molecule has 1 atom stereocenters. The molecule has 28 heavy (non-hydrogen) atoms. The highest BCUT2D eigenvalue weighted by Gasteiger charge is 2.26. The molecule has 3 rings (SSSR count). The van der Waals surface area contributed by atoms with Crippen molar-refractivity contribution in [1.29, 1.82) is 0 Å². The van der Waals surface area contributed by atoms with E-state index in [1.165, 1.54) is 11.3 Å². The number of thiophene rings is 1. The van der Waals surface area contributed by atoms with Crippen molar-refractivity contribution in [2.24, 2.45) is 0 Å². The molecule has 1 unspecified atom stereocenters. The Hall–Kier alpha value is -2.86. The molecule has 0 aliphatic heterocycles. The number of carbonyl (C=O) groups excluding carboxylic acids is 2. The quantitative estimate of drug-likeness (QED) is 0.620. The number of hydrogen-bond donors (Lipinski definition) is 1. The Morgan fingerprint density at radius 1 is 1.04 bits per heavy atom. The zero-order valence-electron chi connectivity index (χ0n) is 16.7. The van der Waals surface area contributed by atoms with E-state index in [9.17, 15) is 9.59 Å². The number of rotatable bonds is 5. The molecule has 2 aromatic heterocycles. The van der Waals surface area contributed by atoms with E-state index in [4.69, 9.17) is 4.74 Å². The first-order valence-electron chi connectivity index (χ1n) is 9.11. The van der Waals surface area contributed by atoms with E-state index in [0.29, 0.717) is 5.56 Å². The molecule has 1 N–H and O–H groups in total. The molecule has 0 fully saturated rings. The first kappa shape index (κ1) is 19.9. The van der Waals surface area contributed by atoms with Crippen LogP contribution in [0.1, 0.15) is 38.8 Å². The van der Waals surface area contributed by atoms with E-state index in [-0.39, 0.29) is 5.91 Å². The summed E-state index contributed by atoms with van der Waals surface area (Å²) in [5.41, 5.74) is 4.06. The number of aryl methyl sites for hydroxylation is 3. The van der Waals surface area contributed by atoms with Crippen LogP contribution in [-0.4, -0.2) is 22.5 Å². The monoisotopic (exact) mass is 396 g/mol. The fraction of sp³-hybridized carbons (Fsp3) is 0.273. The first-order valence-corrected chi connectivity index (χ1v) is 9.92. The van der Waals surface area contributed by atoms with Gasteiger partial charge in [-0.2, -0.15) is 0 Å². The maximum atomic E-state index is 12.9. The molecule has 1 aromatic carbocycles. The van der Waals surface area contributed by atoms with Crippen LogP contribution in [0.5, 0.6) is 0 Å². The third-order valence-electron chi connectivity index (χ3n) is 4.79. The zero-order chi connectivity index (χ0) is 20.4. The van der Waals surface area contributed by atoms with E-state index in [1.54, 1.807) is 6.92 Å². The molecular weight excluding hydrogens is 372 g/mol. The number of anilines is 1. The second-order valence-electron chi connectivity index (χ2n) is 6.86. The van der Waals surface area contributed by atoms with Crippen LogP contribution < -0.4 is 5.32 Å². The summed E-state index contributed by atoms with van der Waals surface area (Å²) in [6.45, 7) is 9.32. The Morgan fingerprint density at radius 3 is 2.25 bits per heavy atom. The normalized spacial score (nSPS) is 11.9. The van der Waals surface area contributed by atoms with Crippen molar-refractivity contribution in [3.05, 3.63) is 69.9 Å². The number of ether oxygens (including phenoxy) is 1. The van der Waals surface area contributed by atoms with Crippen molar-refractivity contribution in [1.82, 2.24) is 4.57 Å². The number of nitrogens with one attached hydrogen (secondary N) is 1. The molecular formula is C22H24N2O3S. The molecule has 0 aliphatic rings. The number of hydrogen-bond acceptors (Lipinski definition) is 4. The molecule has 0 saturated carbocycles. The van der Waals surface area contributed by atoms with Crippen molar-refractivity contribution >= 4 is 28.9 Å². The lowest BCUT2D eigenvalue weighted by molar-refractivity contribution is -0.123. The number of para-hydroxylation sites is 1. The predicted octanol–water partition coefficient (Wildman–Crippen LogP) is 4.96. The first-order chi connectivity index (χ1) is 13.3. The number of amides is 1. The van der Waals surface area contributed by atoms with Gasteiger partial charge in [0.1, 0.15) is 5.00 Å². The lowest BCUT2D eigenvalue weighted by Crippen LogP contribution is -2.30. The molecule has 0 bridgehead atoms. The van der Waals surface area contributed by atoms with E-state index in [2.05, 4.69) is 5.32 Å². The van der Waals surface area contributed by atoms with E-state index in [1.807, 2.05) is 75.0 Å². The summed E-state index contributed by atoms with van der Waals surface area (Å²) < 4.78 is 7.42. The maximum Gasteiger partial charge on any atom is 0.342 e. The van der Waals surface area contributed by atoms with Gasteiger partial charge in [0.15, 0.2) is 6.10 Å². The van der Waals surface area contributed by atoms with Crippen LogP contribution in [0.25, 0.3) is 5.00 Å². The summed E-state index contributed by atoms with van der Waals surface area (Å²) in [5.74, 6) is -0.840. The Labute approximate surface area is 169 Å². The van der Waals surface area contributed by atoms with Crippen molar-refractivity contribution in [3.63, 3.8) is 0 Å². The third kappa shape index (κ3) is 3.87. The fourth-order valence-corrected chi connectivity index (χ4v) is 4.12. The van der Waals surface area contributed by atoms with Crippen molar-refractivity contribution in [2.75, 3.05) is 5.32 Å². The molecule has 6 heteroatoms. The molecule has 0 aliphatic carbocycles. The van der Waals surface area contributed by atoms with Gasteiger partial charge in [-0.15, -0.1) is 11.3 Å². The molecule has 146 valence electrons.